The monoisotopic (exact) mass is 304 g/mol. The van der Waals surface area contributed by atoms with Crippen LogP contribution in [0.4, 0.5) is 0 Å². The molecule has 7 heteroatoms. The molecule has 0 atom stereocenters. The van der Waals surface area contributed by atoms with Gasteiger partial charge in [-0.15, -0.1) is 0 Å². The predicted molar refractivity (Wildman–Crippen MR) is 76.8 cm³/mol. The van der Waals surface area contributed by atoms with Gasteiger partial charge in [0, 0.05) is 29.0 Å². The molecule has 0 aromatic heterocycles. The van der Waals surface area contributed by atoms with E-state index < -0.39 is 11.9 Å². The zero-order valence-corrected chi connectivity index (χ0v) is 11.4. The normalized spacial score (nSPS) is 9.55. The summed E-state index contributed by atoms with van der Waals surface area (Å²) in [6.45, 7) is 0. The molecule has 0 spiro atoms. The number of aliphatic hydroxyl groups excluding tert-OH is 1. The Kier molecular flexibility index (Phi) is 5.48. The third-order valence-electron chi connectivity index (χ3n) is 2.94. The number of carboxylic acids is 2. The second kappa shape index (κ2) is 7.09. The summed E-state index contributed by atoms with van der Waals surface area (Å²) in [5.74, 6) is -2.61. The maximum atomic E-state index is 11.2. The summed E-state index contributed by atoms with van der Waals surface area (Å²) in [6.07, 6.45) is 0.851. The summed E-state index contributed by atoms with van der Waals surface area (Å²) >= 11 is 0. The van der Waals surface area contributed by atoms with Gasteiger partial charge in [0.2, 0.25) is 0 Å². The average Bonchev–Trinajstić information content (AvgIpc) is 2.54. The van der Waals surface area contributed by atoms with E-state index in [1.165, 1.54) is 12.1 Å². The molecule has 0 heterocycles. The number of aromatic carboxylic acids is 2. The molecule has 7 nitrogen and oxygen atoms in total. The zero-order chi connectivity index (χ0) is 16.9. The first-order valence-corrected chi connectivity index (χ1v) is 5.92. The molecule has 0 saturated heterocycles. The van der Waals surface area contributed by atoms with Crippen molar-refractivity contribution in [3.05, 3.63) is 46.5 Å². The third kappa shape index (κ3) is 2.84. The molecule has 0 saturated carbocycles. The van der Waals surface area contributed by atoms with Gasteiger partial charge in [0.05, 0.1) is 11.1 Å². The summed E-state index contributed by atoms with van der Waals surface area (Å²) in [5.41, 5.74) is -0.413. The van der Waals surface area contributed by atoms with Gasteiger partial charge in [0.1, 0.15) is 0 Å². The second-order valence-corrected chi connectivity index (χ2v) is 4.00. The van der Waals surface area contributed by atoms with Crippen molar-refractivity contribution in [1.82, 2.24) is 0 Å². The van der Waals surface area contributed by atoms with Gasteiger partial charge >= 0.3 is 11.9 Å². The van der Waals surface area contributed by atoms with Crippen LogP contribution in [0.1, 0.15) is 41.4 Å². The van der Waals surface area contributed by atoms with Gasteiger partial charge in [-0.2, -0.15) is 0 Å². The number of fused-ring (bicyclic) bond motifs is 1. The fourth-order valence-electron chi connectivity index (χ4n) is 2.10. The van der Waals surface area contributed by atoms with E-state index >= 15 is 0 Å². The quantitative estimate of drug-likeness (QED) is 0.729. The Morgan fingerprint density at radius 3 is 1.32 bits per heavy atom. The highest BCUT2D eigenvalue weighted by molar-refractivity contribution is 6.19. The number of carboxylic acid groups (broad SMARTS) is 2. The Morgan fingerprint density at radius 2 is 1.09 bits per heavy atom. The number of hydrogen-bond acceptors (Lipinski definition) is 5. The molecule has 0 aliphatic carbocycles. The van der Waals surface area contributed by atoms with E-state index in [1.807, 2.05) is 0 Å². The molecular formula is C15H12O7. The number of benzene rings is 2. The number of hydrogen-bond donors (Lipinski definition) is 3. The van der Waals surface area contributed by atoms with Crippen molar-refractivity contribution in [2.45, 2.75) is 0 Å². The molecule has 2 aromatic carbocycles. The van der Waals surface area contributed by atoms with Gasteiger partial charge in [-0.3, -0.25) is 9.59 Å². The minimum Gasteiger partial charge on any atom is -0.478 e. The number of aliphatic hydroxyl groups is 1. The summed E-state index contributed by atoms with van der Waals surface area (Å²) in [6, 6.07) is 4.79. The summed E-state index contributed by atoms with van der Waals surface area (Å²) in [5, 5.41) is 25.2. The van der Waals surface area contributed by atoms with E-state index in [2.05, 4.69) is 0 Å². The Bertz CT molecular complexity index is 698. The molecule has 22 heavy (non-hydrogen) atoms. The lowest BCUT2D eigenvalue weighted by Gasteiger charge is -2.10. The van der Waals surface area contributed by atoms with E-state index in [1.54, 1.807) is 0 Å². The maximum absolute atomic E-state index is 11.2. The minimum atomic E-state index is -1.31. The van der Waals surface area contributed by atoms with Crippen molar-refractivity contribution < 1.29 is 34.5 Å². The van der Waals surface area contributed by atoms with Crippen LogP contribution in [0.5, 0.6) is 0 Å². The Hall–Kier alpha value is -3.06. The van der Waals surface area contributed by atoms with Crippen molar-refractivity contribution in [2.75, 3.05) is 7.11 Å². The SMILES string of the molecule is CO.O=Cc1ccc(C=O)c2c(C(=O)O)ccc(C(=O)O)c12. The van der Waals surface area contributed by atoms with Gasteiger partial charge in [0.15, 0.2) is 12.6 Å². The molecule has 3 N–H and O–H groups in total. The molecule has 0 fully saturated rings. The Morgan fingerprint density at radius 1 is 0.773 bits per heavy atom. The van der Waals surface area contributed by atoms with E-state index in [-0.39, 0.29) is 33.0 Å². The molecule has 0 aliphatic rings. The van der Waals surface area contributed by atoms with E-state index in [4.69, 9.17) is 15.3 Å². The molecule has 114 valence electrons. The van der Waals surface area contributed by atoms with Crippen LogP contribution < -0.4 is 0 Å². The first-order valence-electron chi connectivity index (χ1n) is 5.92. The van der Waals surface area contributed by atoms with E-state index in [0.717, 1.165) is 19.2 Å². The van der Waals surface area contributed by atoms with E-state index in [9.17, 15) is 19.2 Å². The summed E-state index contributed by atoms with van der Waals surface area (Å²) in [7, 11) is 1.00. The highest BCUT2D eigenvalue weighted by Crippen LogP contribution is 2.28. The van der Waals surface area contributed by atoms with Crippen LogP contribution in [0.15, 0.2) is 24.3 Å². The molecule has 0 radical (unpaired) electrons. The van der Waals surface area contributed by atoms with Crippen molar-refractivity contribution in [1.29, 1.82) is 0 Å². The molecule has 0 amide bonds. The van der Waals surface area contributed by atoms with Gasteiger partial charge < -0.3 is 15.3 Å². The van der Waals surface area contributed by atoms with Crippen LogP contribution in [0.25, 0.3) is 10.8 Å². The van der Waals surface area contributed by atoms with Gasteiger partial charge in [-0.05, 0) is 12.1 Å². The molecular weight excluding hydrogens is 292 g/mol. The van der Waals surface area contributed by atoms with Crippen LogP contribution >= 0.6 is 0 Å². The Balaban J connectivity index is 0.00000116. The Labute approximate surface area is 124 Å². The highest BCUT2D eigenvalue weighted by Gasteiger charge is 2.20. The maximum Gasteiger partial charge on any atom is 0.336 e. The molecule has 0 aliphatic heterocycles. The number of rotatable bonds is 4. The number of carbonyl (C=O) groups excluding carboxylic acids is 2. The first kappa shape index (κ1) is 17.0. The van der Waals surface area contributed by atoms with Crippen LogP contribution in [0.3, 0.4) is 0 Å². The smallest absolute Gasteiger partial charge is 0.336 e. The van der Waals surface area contributed by atoms with E-state index in [0.29, 0.717) is 12.6 Å². The molecule has 0 bridgehead atoms. The number of aldehydes is 2. The first-order chi connectivity index (χ1) is 10.5. The van der Waals surface area contributed by atoms with Crippen molar-refractivity contribution in [3.63, 3.8) is 0 Å². The van der Waals surface area contributed by atoms with Crippen LogP contribution in [-0.2, 0) is 0 Å². The van der Waals surface area contributed by atoms with Crippen molar-refractivity contribution >= 4 is 35.3 Å². The predicted octanol–water partition coefficient (Wildman–Crippen LogP) is 1.47. The van der Waals surface area contributed by atoms with Gasteiger partial charge in [-0.1, -0.05) is 12.1 Å². The van der Waals surface area contributed by atoms with Crippen molar-refractivity contribution in [3.8, 4) is 0 Å². The van der Waals surface area contributed by atoms with Crippen LogP contribution in [-0.4, -0.2) is 46.9 Å². The third-order valence-corrected chi connectivity index (χ3v) is 2.94. The summed E-state index contributed by atoms with van der Waals surface area (Å²) < 4.78 is 0. The van der Waals surface area contributed by atoms with Crippen LogP contribution in [0, 0.1) is 0 Å². The lowest BCUT2D eigenvalue weighted by atomic mass is 9.92. The van der Waals surface area contributed by atoms with Crippen molar-refractivity contribution in [2.24, 2.45) is 0 Å². The van der Waals surface area contributed by atoms with Gasteiger partial charge in [-0.25, -0.2) is 9.59 Å². The number of carbonyl (C=O) groups is 4. The fraction of sp³-hybridized carbons (Fsp3) is 0.0667. The molecule has 2 rings (SSSR count). The zero-order valence-electron chi connectivity index (χ0n) is 11.4. The standard InChI is InChI=1S/C14H8O6.CH4O/c15-5-7-1-2-8(6-16)12-10(14(19)20)4-3-9(11(7)12)13(17)18;1-2/h1-6H,(H,17,18)(H,19,20);2H,1H3. The lowest BCUT2D eigenvalue weighted by Crippen LogP contribution is -2.06. The largest absolute Gasteiger partial charge is 0.478 e. The van der Waals surface area contributed by atoms with Gasteiger partial charge in [0.25, 0.3) is 0 Å². The average molecular weight is 304 g/mol. The lowest BCUT2D eigenvalue weighted by molar-refractivity contribution is 0.0684. The minimum absolute atomic E-state index is 0.0195. The summed E-state index contributed by atoms with van der Waals surface area (Å²) in [4.78, 5) is 44.5. The molecule has 2 aromatic rings. The van der Waals surface area contributed by atoms with Crippen LogP contribution in [0.2, 0.25) is 0 Å². The highest BCUT2D eigenvalue weighted by atomic mass is 16.4. The topological polar surface area (TPSA) is 129 Å². The fourth-order valence-corrected chi connectivity index (χ4v) is 2.10. The second-order valence-electron chi connectivity index (χ2n) is 4.00. The molecule has 0 unspecified atom stereocenters.